The molecule has 0 aliphatic heterocycles. The Kier molecular flexibility index (Phi) is 5.54. The summed E-state index contributed by atoms with van der Waals surface area (Å²) in [7, 11) is 0. The molecule has 10 rings (SSSR count). The molecule has 0 radical (unpaired) electrons. The van der Waals surface area contributed by atoms with Crippen LogP contribution in [0.1, 0.15) is 23.1 Å². The first-order valence-electron chi connectivity index (χ1n) is 15.6. The van der Waals surface area contributed by atoms with Crippen LogP contribution in [0, 0.1) is 0 Å². The van der Waals surface area contributed by atoms with Gasteiger partial charge in [0.25, 0.3) is 0 Å². The van der Waals surface area contributed by atoms with Crippen LogP contribution in [0.15, 0.2) is 146 Å². The minimum absolute atomic E-state index is 0.129. The highest BCUT2D eigenvalue weighted by Gasteiger charge is 2.38. The fraction of sp³-hybridized carbons (Fsp3) is 0.0488. The zero-order valence-corrected chi connectivity index (χ0v) is 25.5. The highest BCUT2D eigenvalue weighted by Crippen LogP contribution is 2.55. The standard InChI is InChI=1S/C41H26N4S/c1-3-13-25(14-4-1)39-42-40(26-15-5-2-6-16-26)44-41(43-39)45-36-31-21-10-8-18-28(31)27-17-7-9-20-30(27)35(36)33-24-23-32-29-19-11-12-22-34(29)46-38(32)37(33)45/h1-24,28,31H. The van der Waals surface area contributed by atoms with Gasteiger partial charge in [-0.15, -0.1) is 11.3 Å². The third-order valence-corrected chi connectivity index (χ3v) is 10.6. The van der Waals surface area contributed by atoms with Crippen LogP contribution in [-0.2, 0) is 0 Å². The summed E-state index contributed by atoms with van der Waals surface area (Å²) in [5.74, 6) is 2.32. The smallest absolute Gasteiger partial charge is 0.238 e. The van der Waals surface area contributed by atoms with Crippen molar-refractivity contribution >= 4 is 42.4 Å². The lowest BCUT2D eigenvalue weighted by Gasteiger charge is -2.33. The van der Waals surface area contributed by atoms with E-state index < -0.39 is 0 Å². The molecule has 2 aliphatic rings. The summed E-state index contributed by atoms with van der Waals surface area (Å²) in [4.78, 5) is 15.6. The van der Waals surface area contributed by atoms with Crippen molar-refractivity contribution in [3.63, 3.8) is 0 Å². The third-order valence-electron chi connectivity index (χ3n) is 9.44. The van der Waals surface area contributed by atoms with E-state index >= 15 is 0 Å². The van der Waals surface area contributed by atoms with Gasteiger partial charge in [0.05, 0.1) is 10.2 Å². The molecule has 8 aromatic rings. The second-order valence-corrected chi connectivity index (χ2v) is 13.0. The normalized spacial score (nSPS) is 16.5. The van der Waals surface area contributed by atoms with E-state index in [9.17, 15) is 0 Å². The number of hydrogen-bond donors (Lipinski definition) is 0. The molecule has 216 valence electrons. The number of nitrogens with zero attached hydrogens (tertiary/aromatic N) is 4. The van der Waals surface area contributed by atoms with Crippen molar-refractivity contribution in [1.82, 2.24) is 19.5 Å². The molecule has 0 bridgehead atoms. The van der Waals surface area contributed by atoms with Gasteiger partial charge in [-0.05, 0) is 17.2 Å². The van der Waals surface area contributed by atoms with Crippen molar-refractivity contribution < 1.29 is 0 Å². The summed E-state index contributed by atoms with van der Waals surface area (Å²) in [5.41, 5.74) is 8.23. The third kappa shape index (κ3) is 3.69. The van der Waals surface area contributed by atoms with Gasteiger partial charge in [-0.25, -0.2) is 4.98 Å². The van der Waals surface area contributed by atoms with Crippen molar-refractivity contribution in [3.8, 4) is 39.9 Å². The van der Waals surface area contributed by atoms with Crippen LogP contribution in [0.2, 0.25) is 0 Å². The molecule has 0 saturated carbocycles. The zero-order valence-electron chi connectivity index (χ0n) is 24.7. The molecule has 5 aromatic carbocycles. The maximum absolute atomic E-state index is 5.29. The minimum atomic E-state index is 0.129. The van der Waals surface area contributed by atoms with Crippen LogP contribution >= 0.6 is 11.3 Å². The molecule has 0 spiro atoms. The lowest BCUT2D eigenvalue weighted by molar-refractivity contribution is 0.679. The number of rotatable bonds is 3. The second kappa shape index (κ2) is 9.93. The van der Waals surface area contributed by atoms with Gasteiger partial charge in [0.15, 0.2) is 11.6 Å². The molecule has 4 nitrogen and oxygen atoms in total. The molecular weight excluding hydrogens is 581 g/mol. The molecule has 2 atom stereocenters. The Balaban J connectivity index is 1.39. The lowest BCUT2D eigenvalue weighted by atomic mass is 9.72. The first-order chi connectivity index (χ1) is 22.8. The van der Waals surface area contributed by atoms with Crippen LogP contribution in [0.25, 0.3) is 70.9 Å². The summed E-state index contributed by atoms with van der Waals surface area (Å²) in [6.07, 6.45) is 9.08. The zero-order chi connectivity index (χ0) is 30.2. The van der Waals surface area contributed by atoms with Crippen LogP contribution < -0.4 is 0 Å². The molecule has 0 saturated heterocycles. The minimum Gasteiger partial charge on any atom is -0.279 e. The van der Waals surface area contributed by atoms with E-state index in [1.807, 2.05) is 47.7 Å². The Morgan fingerprint density at radius 1 is 0.543 bits per heavy atom. The maximum atomic E-state index is 5.29. The topological polar surface area (TPSA) is 43.6 Å². The Hall–Kier alpha value is -5.65. The number of benzene rings is 5. The summed E-state index contributed by atoms with van der Waals surface area (Å²) in [5, 5.41) is 3.76. The number of hydrogen-bond acceptors (Lipinski definition) is 4. The molecule has 46 heavy (non-hydrogen) atoms. The number of thiophene rings is 1. The van der Waals surface area contributed by atoms with E-state index in [0.29, 0.717) is 17.6 Å². The van der Waals surface area contributed by atoms with Gasteiger partial charge in [-0.1, -0.05) is 140 Å². The molecule has 0 fully saturated rings. The van der Waals surface area contributed by atoms with Gasteiger partial charge in [0.1, 0.15) is 0 Å². The first kappa shape index (κ1) is 25.7. The van der Waals surface area contributed by atoms with Gasteiger partial charge in [-0.2, -0.15) is 9.97 Å². The monoisotopic (exact) mass is 606 g/mol. The van der Waals surface area contributed by atoms with Crippen LogP contribution in [0.5, 0.6) is 0 Å². The molecule has 0 N–H and O–H groups in total. The van der Waals surface area contributed by atoms with Gasteiger partial charge in [-0.3, -0.25) is 4.57 Å². The summed E-state index contributed by atoms with van der Waals surface area (Å²) >= 11 is 1.85. The highest BCUT2D eigenvalue weighted by molar-refractivity contribution is 7.26. The van der Waals surface area contributed by atoms with E-state index in [0.717, 1.165) is 16.6 Å². The number of allylic oxidation sites excluding steroid dienone is 4. The van der Waals surface area contributed by atoms with E-state index in [4.69, 9.17) is 15.0 Å². The van der Waals surface area contributed by atoms with E-state index in [2.05, 4.69) is 114 Å². The van der Waals surface area contributed by atoms with Crippen molar-refractivity contribution in [2.24, 2.45) is 0 Å². The summed E-state index contributed by atoms with van der Waals surface area (Å²) in [6.45, 7) is 0. The average molecular weight is 607 g/mol. The SMILES string of the molecule is C1=CC2c3ccccc3-c3c(n(-c4nc(-c5ccccc5)nc(-c5ccccc5)n4)c4c3ccc3c5ccccc5sc34)C2C=C1. The summed E-state index contributed by atoms with van der Waals surface area (Å²) in [6, 6.07) is 42.8. The van der Waals surface area contributed by atoms with Crippen LogP contribution in [-0.4, -0.2) is 19.5 Å². The van der Waals surface area contributed by atoms with Gasteiger partial charge in [0, 0.05) is 55.1 Å². The lowest BCUT2D eigenvalue weighted by Crippen LogP contribution is -2.20. The maximum Gasteiger partial charge on any atom is 0.238 e. The number of aromatic nitrogens is 4. The quantitative estimate of drug-likeness (QED) is 0.201. The second-order valence-electron chi connectivity index (χ2n) is 12.0. The van der Waals surface area contributed by atoms with Gasteiger partial charge >= 0.3 is 0 Å². The molecule has 2 unspecified atom stereocenters. The van der Waals surface area contributed by atoms with E-state index in [1.54, 1.807) is 0 Å². The fourth-order valence-electron chi connectivity index (χ4n) is 7.45. The van der Waals surface area contributed by atoms with Crippen LogP contribution in [0.3, 0.4) is 0 Å². The molecule has 3 heterocycles. The van der Waals surface area contributed by atoms with Crippen molar-refractivity contribution in [2.75, 3.05) is 0 Å². The molecule has 5 heteroatoms. The van der Waals surface area contributed by atoms with Gasteiger partial charge in [0.2, 0.25) is 5.95 Å². The Morgan fingerprint density at radius 2 is 1.17 bits per heavy atom. The Bertz CT molecular complexity index is 2480. The Morgan fingerprint density at radius 3 is 1.93 bits per heavy atom. The van der Waals surface area contributed by atoms with Gasteiger partial charge < -0.3 is 0 Å². The molecule has 3 aromatic heterocycles. The van der Waals surface area contributed by atoms with E-state index in [-0.39, 0.29) is 11.8 Å². The molecule has 0 amide bonds. The first-order valence-corrected chi connectivity index (χ1v) is 16.5. The molecule has 2 aliphatic carbocycles. The van der Waals surface area contributed by atoms with Crippen LogP contribution in [0.4, 0.5) is 0 Å². The molecular formula is C41H26N4S. The predicted molar refractivity (Wildman–Crippen MR) is 190 cm³/mol. The predicted octanol–water partition coefficient (Wildman–Crippen LogP) is 10.5. The highest BCUT2D eigenvalue weighted by atomic mass is 32.1. The summed E-state index contributed by atoms with van der Waals surface area (Å²) < 4.78 is 4.90. The number of fused-ring (bicyclic) bond motifs is 12. The fourth-order valence-corrected chi connectivity index (χ4v) is 8.69. The van der Waals surface area contributed by atoms with Crippen molar-refractivity contribution in [1.29, 1.82) is 0 Å². The van der Waals surface area contributed by atoms with Crippen molar-refractivity contribution in [3.05, 3.63) is 157 Å². The largest absolute Gasteiger partial charge is 0.279 e. The average Bonchev–Trinajstić information content (AvgIpc) is 3.69. The Labute approximate surface area is 269 Å². The van der Waals surface area contributed by atoms with E-state index in [1.165, 1.54) is 47.9 Å². The van der Waals surface area contributed by atoms with Crippen molar-refractivity contribution in [2.45, 2.75) is 11.8 Å².